The largest absolute Gasteiger partial charge is 0.466 e. The second kappa shape index (κ2) is 5.82. The number of esters is 1. The van der Waals surface area contributed by atoms with Crippen molar-refractivity contribution < 1.29 is 19.0 Å². The summed E-state index contributed by atoms with van der Waals surface area (Å²) < 4.78 is 17.7. The van der Waals surface area contributed by atoms with E-state index < -0.39 is 17.9 Å². The lowest BCUT2D eigenvalue weighted by Crippen LogP contribution is -2.10. The number of ether oxygens (including phenoxy) is 1. The third-order valence-corrected chi connectivity index (χ3v) is 2.40. The molecule has 1 N–H and O–H groups in total. The molecule has 0 amide bonds. The van der Waals surface area contributed by atoms with Crippen LogP contribution in [0.2, 0.25) is 5.02 Å². The Morgan fingerprint density at radius 2 is 2.31 bits per heavy atom. The predicted molar refractivity (Wildman–Crippen MR) is 57.6 cm³/mol. The summed E-state index contributed by atoms with van der Waals surface area (Å²) >= 11 is 5.66. The highest BCUT2D eigenvalue weighted by Gasteiger charge is 2.18. The van der Waals surface area contributed by atoms with E-state index in [2.05, 4.69) is 4.74 Å². The van der Waals surface area contributed by atoms with Crippen molar-refractivity contribution >= 4 is 17.6 Å². The van der Waals surface area contributed by atoms with E-state index in [0.717, 1.165) is 0 Å². The van der Waals surface area contributed by atoms with E-state index in [1.807, 2.05) is 0 Å². The molecule has 0 aliphatic carbocycles. The Morgan fingerprint density at radius 3 is 2.94 bits per heavy atom. The molecule has 0 spiro atoms. The summed E-state index contributed by atoms with van der Waals surface area (Å²) in [5, 5.41) is 9.50. The minimum Gasteiger partial charge on any atom is -0.466 e. The number of aliphatic hydroxyl groups is 1. The third kappa shape index (κ3) is 3.18. The molecule has 0 fully saturated rings. The van der Waals surface area contributed by atoms with E-state index in [0.29, 0.717) is 0 Å². The maximum Gasteiger partial charge on any atom is 0.308 e. The lowest BCUT2D eigenvalue weighted by Gasteiger charge is -2.12. The summed E-state index contributed by atoms with van der Waals surface area (Å²) in [6.07, 6.45) is -1.39. The predicted octanol–water partition coefficient (Wildman–Crippen LogP) is 2.47. The standard InChI is InChI=1S/C11H12ClFO3/c1-2-16-10(15)6-9(14)7-4-3-5-8(13)11(7)12/h3-5,9,14H,2,6H2,1H3. The maximum absolute atomic E-state index is 13.1. The third-order valence-electron chi connectivity index (χ3n) is 2.01. The molecule has 3 nitrogen and oxygen atoms in total. The van der Waals surface area contributed by atoms with Gasteiger partial charge in [-0.05, 0) is 13.0 Å². The fourth-order valence-corrected chi connectivity index (χ4v) is 1.52. The lowest BCUT2D eigenvalue weighted by molar-refractivity contribution is -0.145. The second-order valence-electron chi connectivity index (χ2n) is 3.17. The van der Waals surface area contributed by atoms with Crippen molar-refractivity contribution in [2.45, 2.75) is 19.4 Å². The number of carbonyl (C=O) groups is 1. The van der Waals surface area contributed by atoms with Gasteiger partial charge in [0.15, 0.2) is 0 Å². The lowest BCUT2D eigenvalue weighted by atomic mass is 10.1. The van der Waals surface area contributed by atoms with E-state index in [9.17, 15) is 14.3 Å². The van der Waals surface area contributed by atoms with Crippen molar-refractivity contribution in [3.63, 3.8) is 0 Å². The van der Waals surface area contributed by atoms with Gasteiger partial charge in [0.05, 0.1) is 24.2 Å². The minimum atomic E-state index is -1.15. The maximum atomic E-state index is 13.1. The van der Waals surface area contributed by atoms with Gasteiger partial charge in [-0.25, -0.2) is 4.39 Å². The Labute approximate surface area is 97.8 Å². The summed E-state index contributed by atoms with van der Waals surface area (Å²) in [7, 11) is 0. The van der Waals surface area contributed by atoms with Crippen LogP contribution in [-0.2, 0) is 9.53 Å². The van der Waals surface area contributed by atoms with Gasteiger partial charge in [0.2, 0.25) is 0 Å². The quantitative estimate of drug-likeness (QED) is 0.831. The molecule has 1 unspecified atom stereocenters. The first kappa shape index (κ1) is 12.9. The number of halogens is 2. The minimum absolute atomic E-state index is 0.167. The molecule has 0 heterocycles. The Hall–Kier alpha value is -1.13. The normalized spacial score (nSPS) is 12.2. The smallest absolute Gasteiger partial charge is 0.308 e. The fourth-order valence-electron chi connectivity index (χ4n) is 1.27. The van der Waals surface area contributed by atoms with Crippen LogP contribution in [0.3, 0.4) is 0 Å². The van der Waals surface area contributed by atoms with Gasteiger partial charge in [0.1, 0.15) is 5.82 Å². The van der Waals surface area contributed by atoms with E-state index in [4.69, 9.17) is 11.6 Å². The molecule has 0 aliphatic heterocycles. The van der Waals surface area contributed by atoms with Gasteiger partial charge in [0.25, 0.3) is 0 Å². The van der Waals surface area contributed by atoms with Gasteiger partial charge in [-0.1, -0.05) is 23.7 Å². The molecule has 0 bridgehead atoms. The van der Waals surface area contributed by atoms with Gasteiger partial charge < -0.3 is 9.84 Å². The van der Waals surface area contributed by atoms with Gasteiger partial charge in [-0.3, -0.25) is 4.79 Å². The van der Waals surface area contributed by atoms with E-state index >= 15 is 0 Å². The molecule has 0 aliphatic rings. The van der Waals surface area contributed by atoms with Gasteiger partial charge in [-0.15, -0.1) is 0 Å². The first-order chi connectivity index (χ1) is 7.56. The Morgan fingerprint density at radius 1 is 1.62 bits per heavy atom. The number of hydrogen-bond donors (Lipinski definition) is 1. The van der Waals surface area contributed by atoms with Crippen LogP contribution >= 0.6 is 11.6 Å². The SMILES string of the molecule is CCOC(=O)CC(O)c1cccc(F)c1Cl. The summed E-state index contributed by atoms with van der Waals surface area (Å²) in [4.78, 5) is 11.1. The topological polar surface area (TPSA) is 46.5 Å². The highest BCUT2D eigenvalue weighted by molar-refractivity contribution is 6.31. The number of hydrogen-bond acceptors (Lipinski definition) is 3. The van der Waals surface area contributed by atoms with Crippen molar-refractivity contribution in [2.24, 2.45) is 0 Å². The van der Waals surface area contributed by atoms with Crippen LogP contribution in [0.25, 0.3) is 0 Å². The first-order valence-corrected chi connectivity index (χ1v) is 5.21. The zero-order chi connectivity index (χ0) is 12.1. The van der Waals surface area contributed by atoms with Gasteiger partial charge >= 0.3 is 5.97 Å². The second-order valence-corrected chi connectivity index (χ2v) is 3.55. The van der Waals surface area contributed by atoms with Crippen LogP contribution in [-0.4, -0.2) is 17.7 Å². The highest BCUT2D eigenvalue weighted by Crippen LogP contribution is 2.27. The van der Waals surface area contributed by atoms with Crippen LogP contribution < -0.4 is 0 Å². The average molecular weight is 247 g/mol. The van der Waals surface area contributed by atoms with Crippen molar-refractivity contribution in [3.8, 4) is 0 Å². The number of benzene rings is 1. The van der Waals surface area contributed by atoms with Crippen molar-refractivity contribution in [1.82, 2.24) is 0 Å². The molecule has 88 valence electrons. The van der Waals surface area contributed by atoms with Crippen LogP contribution in [0, 0.1) is 5.82 Å². The van der Waals surface area contributed by atoms with Gasteiger partial charge in [0, 0.05) is 5.56 Å². The molecule has 1 aromatic carbocycles. The van der Waals surface area contributed by atoms with E-state index in [1.54, 1.807) is 6.92 Å². The molecule has 0 aromatic heterocycles. The Balaban J connectivity index is 2.76. The average Bonchev–Trinajstić information content (AvgIpc) is 2.22. The number of rotatable bonds is 4. The van der Waals surface area contributed by atoms with Crippen molar-refractivity contribution in [1.29, 1.82) is 0 Å². The molecule has 5 heteroatoms. The molecule has 0 saturated heterocycles. The molecule has 1 aromatic rings. The molecule has 0 saturated carbocycles. The van der Waals surface area contributed by atoms with Crippen molar-refractivity contribution in [3.05, 3.63) is 34.6 Å². The molecule has 1 atom stereocenters. The van der Waals surface area contributed by atoms with E-state index in [-0.39, 0.29) is 23.6 Å². The first-order valence-electron chi connectivity index (χ1n) is 4.83. The Kier molecular flexibility index (Phi) is 4.71. The molecular formula is C11H12ClFO3. The number of aliphatic hydroxyl groups excluding tert-OH is 1. The molecule has 1 rings (SSSR count). The molecule has 16 heavy (non-hydrogen) atoms. The van der Waals surface area contributed by atoms with Crippen LogP contribution in [0.15, 0.2) is 18.2 Å². The van der Waals surface area contributed by atoms with Crippen LogP contribution in [0.5, 0.6) is 0 Å². The van der Waals surface area contributed by atoms with Crippen LogP contribution in [0.4, 0.5) is 4.39 Å². The summed E-state index contributed by atoms with van der Waals surface area (Å²) in [5.74, 6) is -1.17. The monoisotopic (exact) mass is 246 g/mol. The van der Waals surface area contributed by atoms with E-state index in [1.165, 1.54) is 18.2 Å². The zero-order valence-electron chi connectivity index (χ0n) is 8.74. The fraction of sp³-hybridized carbons (Fsp3) is 0.364. The summed E-state index contributed by atoms with van der Waals surface area (Å²) in [6, 6.07) is 4.07. The summed E-state index contributed by atoms with van der Waals surface area (Å²) in [6.45, 7) is 1.90. The summed E-state index contributed by atoms with van der Waals surface area (Å²) in [5.41, 5.74) is 0.190. The molecular weight excluding hydrogens is 235 g/mol. The van der Waals surface area contributed by atoms with Crippen LogP contribution in [0.1, 0.15) is 25.0 Å². The number of carbonyl (C=O) groups excluding carboxylic acids is 1. The molecule has 0 radical (unpaired) electrons. The zero-order valence-corrected chi connectivity index (χ0v) is 9.50. The highest BCUT2D eigenvalue weighted by atomic mass is 35.5. The Bertz CT molecular complexity index is 381. The van der Waals surface area contributed by atoms with Crippen molar-refractivity contribution in [2.75, 3.05) is 6.61 Å². The van der Waals surface area contributed by atoms with Gasteiger partial charge in [-0.2, -0.15) is 0 Å².